The quantitative estimate of drug-likeness (QED) is 0.812. The lowest BCUT2D eigenvalue weighted by Gasteiger charge is -2.06. The number of nitrogens with zero attached hydrogens (tertiary/aromatic N) is 1. The molecule has 2 aromatic rings. The predicted molar refractivity (Wildman–Crippen MR) is 70.4 cm³/mol. The number of thiazole rings is 1. The van der Waals surface area contributed by atoms with Crippen LogP contribution in [0.4, 0.5) is 5.69 Å². The van der Waals surface area contributed by atoms with Crippen LogP contribution in [0.3, 0.4) is 0 Å². The van der Waals surface area contributed by atoms with Gasteiger partial charge in [-0.1, -0.05) is 6.92 Å². The lowest BCUT2D eigenvalue weighted by molar-refractivity contribution is 0.786. The van der Waals surface area contributed by atoms with Crippen LogP contribution in [0.15, 0.2) is 12.1 Å². The van der Waals surface area contributed by atoms with E-state index in [1.165, 1.54) is 45.7 Å². The number of nitrogens with one attached hydrogen (secondary N) is 1. The van der Waals surface area contributed by atoms with E-state index in [0.717, 1.165) is 13.0 Å². The summed E-state index contributed by atoms with van der Waals surface area (Å²) < 4.78 is 1.32. The van der Waals surface area contributed by atoms with Gasteiger partial charge in [-0.25, -0.2) is 4.98 Å². The van der Waals surface area contributed by atoms with Gasteiger partial charge in [0.2, 0.25) is 0 Å². The zero-order valence-corrected chi connectivity index (χ0v) is 10.4. The summed E-state index contributed by atoms with van der Waals surface area (Å²) >= 11 is 1.83. The first-order valence-corrected chi connectivity index (χ1v) is 6.84. The lowest BCUT2D eigenvalue weighted by atomic mass is 10.1. The minimum absolute atomic E-state index is 1.04. The molecule has 1 aliphatic rings. The minimum atomic E-state index is 1.04. The van der Waals surface area contributed by atoms with E-state index in [1.54, 1.807) is 0 Å². The first-order chi connectivity index (χ1) is 7.86. The molecule has 0 saturated heterocycles. The number of hydrogen-bond acceptors (Lipinski definition) is 3. The van der Waals surface area contributed by atoms with Crippen molar-refractivity contribution in [1.82, 2.24) is 4.98 Å². The van der Waals surface area contributed by atoms with Gasteiger partial charge in [0.15, 0.2) is 0 Å². The summed E-state index contributed by atoms with van der Waals surface area (Å²) in [4.78, 5) is 4.66. The molecule has 0 aliphatic carbocycles. The van der Waals surface area contributed by atoms with E-state index >= 15 is 0 Å². The first-order valence-electron chi connectivity index (χ1n) is 6.03. The Hall–Kier alpha value is -1.09. The lowest BCUT2D eigenvalue weighted by Crippen LogP contribution is -1.98. The van der Waals surface area contributed by atoms with Crippen LogP contribution in [0.5, 0.6) is 0 Å². The van der Waals surface area contributed by atoms with E-state index in [9.17, 15) is 0 Å². The fraction of sp³-hybridized carbons (Fsp3) is 0.462. The maximum Gasteiger partial charge on any atom is 0.0935 e. The van der Waals surface area contributed by atoms with Gasteiger partial charge in [0.05, 0.1) is 15.2 Å². The highest BCUT2D eigenvalue weighted by Gasteiger charge is 2.11. The Morgan fingerprint density at radius 1 is 1.38 bits per heavy atom. The summed E-state index contributed by atoms with van der Waals surface area (Å²) in [6.45, 7) is 3.28. The molecule has 1 aliphatic heterocycles. The molecule has 0 bridgehead atoms. The van der Waals surface area contributed by atoms with Crippen LogP contribution in [0.2, 0.25) is 0 Å². The highest BCUT2D eigenvalue weighted by Crippen LogP contribution is 2.30. The van der Waals surface area contributed by atoms with Gasteiger partial charge in [-0.2, -0.15) is 0 Å². The smallest absolute Gasteiger partial charge is 0.0935 e. The van der Waals surface area contributed by atoms with Gasteiger partial charge in [0, 0.05) is 12.2 Å². The van der Waals surface area contributed by atoms with Crippen molar-refractivity contribution >= 4 is 27.2 Å². The number of aryl methyl sites for hydroxylation is 2. The minimum Gasteiger partial charge on any atom is -0.385 e. The molecule has 0 atom stereocenters. The van der Waals surface area contributed by atoms with Crippen molar-refractivity contribution in [3.63, 3.8) is 0 Å². The average Bonchev–Trinajstić information content (AvgIpc) is 2.56. The van der Waals surface area contributed by atoms with Crippen LogP contribution in [-0.4, -0.2) is 11.5 Å². The first kappa shape index (κ1) is 10.1. The SMILES string of the molecule is CCc1nc2cc3c(cc2s1)NCCCC3. The van der Waals surface area contributed by atoms with E-state index in [-0.39, 0.29) is 0 Å². The topological polar surface area (TPSA) is 24.9 Å². The highest BCUT2D eigenvalue weighted by molar-refractivity contribution is 7.18. The fourth-order valence-electron chi connectivity index (χ4n) is 2.25. The van der Waals surface area contributed by atoms with Crippen LogP contribution in [0.1, 0.15) is 30.3 Å². The van der Waals surface area contributed by atoms with E-state index in [2.05, 4.69) is 29.4 Å². The number of fused-ring (bicyclic) bond motifs is 2. The second kappa shape index (κ2) is 4.06. The van der Waals surface area contributed by atoms with Crippen molar-refractivity contribution in [2.45, 2.75) is 32.6 Å². The number of rotatable bonds is 1. The zero-order valence-electron chi connectivity index (χ0n) is 9.55. The Bertz CT molecular complexity index is 473. The van der Waals surface area contributed by atoms with Gasteiger partial charge in [0.1, 0.15) is 0 Å². The molecule has 2 heterocycles. The van der Waals surface area contributed by atoms with Crippen molar-refractivity contribution in [3.05, 3.63) is 22.7 Å². The molecule has 1 aromatic carbocycles. The molecule has 1 N–H and O–H groups in total. The van der Waals surface area contributed by atoms with E-state index in [0.29, 0.717) is 0 Å². The Morgan fingerprint density at radius 3 is 3.19 bits per heavy atom. The summed E-state index contributed by atoms with van der Waals surface area (Å²) in [5, 5.41) is 4.77. The van der Waals surface area contributed by atoms with Crippen molar-refractivity contribution < 1.29 is 0 Å². The van der Waals surface area contributed by atoms with Gasteiger partial charge in [-0.15, -0.1) is 11.3 Å². The molecule has 0 spiro atoms. The second-order valence-corrected chi connectivity index (χ2v) is 5.44. The van der Waals surface area contributed by atoms with E-state index in [1.807, 2.05) is 11.3 Å². The second-order valence-electron chi connectivity index (χ2n) is 4.32. The van der Waals surface area contributed by atoms with E-state index in [4.69, 9.17) is 0 Å². The molecule has 16 heavy (non-hydrogen) atoms. The van der Waals surface area contributed by atoms with Crippen LogP contribution in [0.25, 0.3) is 10.2 Å². The Kier molecular flexibility index (Phi) is 2.56. The summed E-state index contributed by atoms with van der Waals surface area (Å²) in [6, 6.07) is 4.56. The van der Waals surface area contributed by atoms with Crippen molar-refractivity contribution in [1.29, 1.82) is 0 Å². The molecule has 0 fully saturated rings. The molecule has 84 valence electrons. The summed E-state index contributed by atoms with van der Waals surface area (Å²) in [6.07, 6.45) is 4.79. The fourth-order valence-corrected chi connectivity index (χ4v) is 3.18. The molecule has 1 aromatic heterocycles. The third-order valence-electron chi connectivity index (χ3n) is 3.15. The summed E-state index contributed by atoms with van der Waals surface area (Å²) in [5.41, 5.74) is 3.96. The third-order valence-corrected chi connectivity index (χ3v) is 4.31. The molecule has 0 unspecified atom stereocenters. The Labute approximate surface area is 99.7 Å². The van der Waals surface area contributed by atoms with Crippen LogP contribution >= 0.6 is 11.3 Å². The highest BCUT2D eigenvalue weighted by atomic mass is 32.1. The molecule has 0 saturated carbocycles. The Balaban J connectivity index is 2.14. The van der Waals surface area contributed by atoms with Gasteiger partial charge in [0.25, 0.3) is 0 Å². The normalized spacial score (nSPS) is 15.6. The van der Waals surface area contributed by atoms with E-state index < -0.39 is 0 Å². The van der Waals surface area contributed by atoms with Gasteiger partial charge in [-0.3, -0.25) is 0 Å². The van der Waals surface area contributed by atoms with Crippen molar-refractivity contribution in [2.24, 2.45) is 0 Å². The van der Waals surface area contributed by atoms with Crippen LogP contribution in [-0.2, 0) is 12.8 Å². The molecule has 2 nitrogen and oxygen atoms in total. The number of anilines is 1. The predicted octanol–water partition coefficient (Wildman–Crippen LogP) is 3.61. The largest absolute Gasteiger partial charge is 0.385 e. The van der Waals surface area contributed by atoms with Gasteiger partial charge >= 0.3 is 0 Å². The molecular formula is C13H16N2S. The van der Waals surface area contributed by atoms with Gasteiger partial charge < -0.3 is 5.32 Å². The standard InChI is InChI=1S/C13H16N2S/c1-2-13-15-11-7-9-5-3-4-6-14-10(9)8-12(11)16-13/h7-8,14H,2-6H2,1H3. The molecule has 0 radical (unpaired) electrons. The third kappa shape index (κ3) is 1.69. The molecular weight excluding hydrogens is 216 g/mol. The maximum absolute atomic E-state index is 4.66. The van der Waals surface area contributed by atoms with Crippen LogP contribution in [0, 0.1) is 0 Å². The molecule has 3 rings (SSSR count). The molecule has 0 amide bonds. The van der Waals surface area contributed by atoms with Crippen LogP contribution < -0.4 is 5.32 Å². The Morgan fingerprint density at radius 2 is 2.31 bits per heavy atom. The monoisotopic (exact) mass is 232 g/mol. The number of hydrogen-bond donors (Lipinski definition) is 1. The number of benzene rings is 1. The van der Waals surface area contributed by atoms with Gasteiger partial charge in [-0.05, 0) is 43.4 Å². The van der Waals surface area contributed by atoms with Crippen molar-refractivity contribution in [3.8, 4) is 0 Å². The summed E-state index contributed by atoms with van der Waals surface area (Å²) in [7, 11) is 0. The zero-order chi connectivity index (χ0) is 11.0. The maximum atomic E-state index is 4.66. The average molecular weight is 232 g/mol. The van der Waals surface area contributed by atoms with Crippen molar-refractivity contribution in [2.75, 3.05) is 11.9 Å². The number of aromatic nitrogens is 1. The summed E-state index contributed by atoms with van der Waals surface area (Å²) in [5.74, 6) is 0. The molecule has 3 heteroatoms.